The lowest BCUT2D eigenvalue weighted by molar-refractivity contribution is -0.142. The first kappa shape index (κ1) is 22.6. The Morgan fingerprint density at radius 3 is 2.29 bits per heavy atom. The molecule has 0 spiro atoms. The SMILES string of the molecule is NC(=O)c1cccc2c(CC(NC(=O)C(N)c3c[nH]c4cccc(C(N)=O)c34)C(=O)O)c[nH]c12. The van der Waals surface area contributed by atoms with Gasteiger partial charge in [0.15, 0.2) is 0 Å². The fourth-order valence-corrected chi connectivity index (χ4v) is 4.07. The molecule has 0 aliphatic heterocycles. The molecular weight excluding hydrogens is 440 g/mol. The van der Waals surface area contributed by atoms with Crippen molar-refractivity contribution >= 4 is 45.5 Å². The maximum absolute atomic E-state index is 12.9. The maximum atomic E-state index is 12.9. The Morgan fingerprint density at radius 1 is 0.941 bits per heavy atom. The minimum atomic E-state index is -1.31. The van der Waals surface area contributed by atoms with Crippen molar-refractivity contribution in [3.05, 3.63) is 71.0 Å². The zero-order valence-electron chi connectivity index (χ0n) is 17.8. The molecule has 0 saturated heterocycles. The van der Waals surface area contributed by atoms with Crippen molar-refractivity contribution in [1.29, 1.82) is 0 Å². The number of benzene rings is 2. The molecule has 0 fully saturated rings. The van der Waals surface area contributed by atoms with Gasteiger partial charge in [0, 0.05) is 46.2 Å². The van der Waals surface area contributed by atoms with Crippen LogP contribution < -0.4 is 22.5 Å². The van der Waals surface area contributed by atoms with Crippen molar-refractivity contribution in [2.75, 3.05) is 0 Å². The summed E-state index contributed by atoms with van der Waals surface area (Å²) in [6.45, 7) is 0. The molecule has 2 atom stereocenters. The van der Waals surface area contributed by atoms with Crippen LogP contribution in [-0.4, -0.2) is 44.8 Å². The second-order valence-corrected chi connectivity index (χ2v) is 7.82. The molecule has 174 valence electrons. The summed E-state index contributed by atoms with van der Waals surface area (Å²) in [6, 6.07) is 7.20. The van der Waals surface area contributed by atoms with E-state index >= 15 is 0 Å². The zero-order valence-corrected chi connectivity index (χ0v) is 17.8. The Balaban J connectivity index is 1.60. The van der Waals surface area contributed by atoms with Crippen LogP contribution in [0, 0.1) is 0 Å². The van der Waals surface area contributed by atoms with E-state index in [1.54, 1.807) is 36.5 Å². The number of H-pyrrole nitrogens is 2. The maximum Gasteiger partial charge on any atom is 0.326 e. The van der Waals surface area contributed by atoms with Gasteiger partial charge >= 0.3 is 5.97 Å². The topological polar surface area (TPSA) is 210 Å². The number of aromatic amines is 2. The van der Waals surface area contributed by atoms with Crippen LogP contribution in [0.25, 0.3) is 21.8 Å². The molecule has 4 aromatic rings. The molecule has 2 unspecified atom stereocenters. The minimum Gasteiger partial charge on any atom is -0.480 e. The standard InChI is InChI=1S/C23H22N6O5/c24-18(14-9-27-15-6-2-4-12(17(14)15)20(25)30)22(32)29-16(23(33)34)7-10-8-28-19-11(10)3-1-5-13(19)21(26)31/h1-6,8-9,16,18,27-28H,7,24H2,(H2,25,30)(H2,26,31)(H,29,32)(H,33,34). The first-order valence-corrected chi connectivity index (χ1v) is 10.3. The number of nitrogens with one attached hydrogen (secondary N) is 3. The third-order valence-corrected chi connectivity index (χ3v) is 5.72. The second-order valence-electron chi connectivity index (χ2n) is 7.82. The molecule has 3 amide bonds. The molecule has 2 aromatic carbocycles. The van der Waals surface area contributed by atoms with E-state index in [4.69, 9.17) is 17.2 Å². The van der Waals surface area contributed by atoms with E-state index < -0.39 is 35.8 Å². The monoisotopic (exact) mass is 462 g/mol. The molecule has 2 aromatic heterocycles. The van der Waals surface area contributed by atoms with Gasteiger partial charge in [0.1, 0.15) is 12.1 Å². The van der Waals surface area contributed by atoms with Crippen molar-refractivity contribution in [3.63, 3.8) is 0 Å². The van der Waals surface area contributed by atoms with E-state index in [9.17, 15) is 24.3 Å². The third kappa shape index (κ3) is 3.95. The number of carboxylic acid groups (broad SMARTS) is 1. The molecule has 0 bridgehead atoms. The predicted molar refractivity (Wildman–Crippen MR) is 124 cm³/mol. The summed E-state index contributed by atoms with van der Waals surface area (Å²) in [4.78, 5) is 54.2. The van der Waals surface area contributed by atoms with Gasteiger partial charge in [-0.3, -0.25) is 14.4 Å². The van der Waals surface area contributed by atoms with Crippen LogP contribution >= 0.6 is 0 Å². The number of amides is 3. The molecule has 10 N–H and O–H groups in total. The number of carbonyl (C=O) groups excluding carboxylic acids is 3. The van der Waals surface area contributed by atoms with E-state index in [0.29, 0.717) is 32.9 Å². The van der Waals surface area contributed by atoms with Crippen LogP contribution in [0.4, 0.5) is 0 Å². The lowest BCUT2D eigenvalue weighted by atomic mass is 9.99. The molecule has 34 heavy (non-hydrogen) atoms. The van der Waals surface area contributed by atoms with Gasteiger partial charge in [-0.25, -0.2) is 4.79 Å². The van der Waals surface area contributed by atoms with Crippen LogP contribution in [-0.2, 0) is 16.0 Å². The summed E-state index contributed by atoms with van der Waals surface area (Å²) in [5, 5.41) is 13.2. The summed E-state index contributed by atoms with van der Waals surface area (Å²) >= 11 is 0. The first-order chi connectivity index (χ1) is 16.2. The Morgan fingerprint density at radius 2 is 1.62 bits per heavy atom. The number of carbonyl (C=O) groups is 4. The smallest absolute Gasteiger partial charge is 0.326 e. The van der Waals surface area contributed by atoms with E-state index in [1.807, 2.05) is 0 Å². The third-order valence-electron chi connectivity index (χ3n) is 5.72. The van der Waals surface area contributed by atoms with Gasteiger partial charge in [-0.2, -0.15) is 0 Å². The Labute approximate surface area is 192 Å². The van der Waals surface area contributed by atoms with Gasteiger partial charge in [-0.05, 0) is 23.8 Å². The number of hydrogen-bond acceptors (Lipinski definition) is 5. The predicted octanol–water partition coefficient (Wildman–Crippen LogP) is 0.659. The molecule has 0 aliphatic rings. The van der Waals surface area contributed by atoms with Crippen molar-refractivity contribution in [1.82, 2.24) is 15.3 Å². The van der Waals surface area contributed by atoms with Gasteiger partial charge in [0.05, 0.1) is 11.1 Å². The highest BCUT2D eigenvalue weighted by molar-refractivity contribution is 6.08. The normalized spacial score (nSPS) is 13.0. The number of hydrogen-bond donors (Lipinski definition) is 7. The Hall–Kier alpha value is -4.64. The molecule has 11 heteroatoms. The summed E-state index contributed by atoms with van der Waals surface area (Å²) in [5.74, 6) is -3.32. The first-order valence-electron chi connectivity index (χ1n) is 10.3. The van der Waals surface area contributed by atoms with E-state index in [-0.39, 0.29) is 17.5 Å². The van der Waals surface area contributed by atoms with E-state index in [1.165, 1.54) is 12.3 Å². The summed E-state index contributed by atoms with van der Waals surface area (Å²) in [7, 11) is 0. The number of primary amides is 2. The summed E-state index contributed by atoms with van der Waals surface area (Å²) < 4.78 is 0. The average molecular weight is 462 g/mol. The number of fused-ring (bicyclic) bond motifs is 2. The van der Waals surface area contributed by atoms with E-state index in [0.717, 1.165) is 0 Å². The lowest BCUT2D eigenvalue weighted by Gasteiger charge is -2.18. The Kier molecular flexibility index (Phi) is 5.78. The highest BCUT2D eigenvalue weighted by atomic mass is 16.4. The van der Waals surface area contributed by atoms with Gasteiger partial charge < -0.3 is 37.6 Å². The summed E-state index contributed by atoms with van der Waals surface area (Å²) in [5.41, 5.74) is 19.4. The largest absolute Gasteiger partial charge is 0.480 e. The molecular formula is C23H22N6O5. The number of rotatable bonds is 8. The van der Waals surface area contributed by atoms with Crippen LogP contribution in [0.5, 0.6) is 0 Å². The highest BCUT2D eigenvalue weighted by Crippen LogP contribution is 2.27. The van der Waals surface area contributed by atoms with Crippen molar-refractivity contribution in [2.24, 2.45) is 17.2 Å². The number of aliphatic carboxylic acids is 1. The van der Waals surface area contributed by atoms with Crippen molar-refractivity contribution < 1.29 is 24.3 Å². The Bertz CT molecular complexity index is 1450. The quantitative estimate of drug-likeness (QED) is 0.200. The van der Waals surface area contributed by atoms with Gasteiger partial charge in [-0.15, -0.1) is 0 Å². The highest BCUT2D eigenvalue weighted by Gasteiger charge is 2.28. The minimum absolute atomic E-state index is 0.0730. The second kappa shape index (κ2) is 8.71. The average Bonchev–Trinajstić information content (AvgIpc) is 3.41. The molecule has 2 heterocycles. The molecule has 0 saturated carbocycles. The van der Waals surface area contributed by atoms with Gasteiger partial charge in [-0.1, -0.05) is 18.2 Å². The van der Waals surface area contributed by atoms with Crippen LogP contribution in [0.1, 0.15) is 37.9 Å². The van der Waals surface area contributed by atoms with Crippen LogP contribution in [0.15, 0.2) is 48.8 Å². The van der Waals surface area contributed by atoms with Crippen LogP contribution in [0.2, 0.25) is 0 Å². The fourth-order valence-electron chi connectivity index (χ4n) is 4.07. The number of nitrogens with two attached hydrogens (primary N) is 3. The van der Waals surface area contributed by atoms with Gasteiger partial charge in [0.2, 0.25) is 11.8 Å². The number of carboxylic acids is 1. The van der Waals surface area contributed by atoms with E-state index in [2.05, 4.69) is 15.3 Å². The number of aromatic nitrogens is 2. The zero-order chi connectivity index (χ0) is 24.6. The van der Waals surface area contributed by atoms with Crippen molar-refractivity contribution in [2.45, 2.75) is 18.5 Å². The molecule has 11 nitrogen and oxygen atoms in total. The lowest BCUT2D eigenvalue weighted by Crippen LogP contribution is -2.46. The molecule has 0 aliphatic carbocycles. The van der Waals surface area contributed by atoms with Gasteiger partial charge in [0.25, 0.3) is 5.91 Å². The number of para-hydroxylation sites is 1. The summed E-state index contributed by atoms with van der Waals surface area (Å²) in [6.07, 6.45) is 2.98. The van der Waals surface area contributed by atoms with Crippen molar-refractivity contribution in [3.8, 4) is 0 Å². The van der Waals surface area contributed by atoms with Crippen LogP contribution in [0.3, 0.4) is 0 Å². The molecule has 0 radical (unpaired) electrons. The molecule has 4 rings (SSSR count). The fraction of sp³-hybridized carbons (Fsp3) is 0.130.